The normalized spacial score (nSPS) is 11.0. The summed E-state index contributed by atoms with van der Waals surface area (Å²) in [4.78, 5) is 27.9. The lowest BCUT2D eigenvalue weighted by Crippen LogP contribution is -2.40. The third-order valence-electron chi connectivity index (χ3n) is 6.38. The number of nitrogens with zero attached hydrogens (tertiary/aromatic N) is 3. The summed E-state index contributed by atoms with van der Waals surface area (Å²) in [7, 11) is 1.62. The fraction of sp³-hybridized carbons (Fsp3) is 0.452. The maximum Gasteiger partial charge on any atom is 0.245 e. The Morgan fingerprint density at radius 3 is 2.32 bits per heavy atom. The van der Waals surface area contributed by atoms with Crippen LogP contribution in [0.2, 0.25) is 0 Å². The molecule has 3 rings (SSSR count). The first kappa shape index (κ1) is 29.0. The van der Waals surface area contributed by atoms with Gasteiger partial charge in [-0.3, -0.25) is 9.59 Å². The van der Waals surface area contributed by atoms with E-state index < -0.39 is 0 Å². The molecule has 0 saturated carbocycles. The fourth-order valence-corrected chi connectivity index (χ4v) is 4.41. The highest BCUT2D eigenvalue weighted by Gasteiger charge is 2.20. The number of methoxy groups -OCH3 is 1. The van der Waals surface area contributed by atoms with Crippen LogP contribution in [0.1, 0.15) is 65.7 Å². The molecule has 2 amide bonds. The van der Waals surface area contributed by atoms with Gasteiger partial charge in [0, 0.05) is 24.6 Å². The first-order chi connectivity index (χ1) is 18.4. The van der Waals surface area contributed by atoms with Crippen LogP contribution in [-0.2, 0) is 9.59 Å². The van der Waals surface area contributed by atoms with Crippen molar-refractivity contribution in [1.29, 1.82) is 0 Å². The van der Waals surface area contributed by atoms with Crippen molar-refractivity contribution < 1.29 is 14.3 Å². The van der Waals surface area contributed by atoms with Gasteiger partial charge in [-0.15, -0.1) is 0 Å². The van der Waals surface area contributed by atoms with Crippen LogP contribution in [0.3, 0.4) is 0 Å². The summed E-state index contributed by atoms with van der Waals surface area (Å²) < 4.78 is 7.00. The number of unbranched alkanes of at least 4 members (excludes halogenated alkanes) is 5. The summed E-state index contributed by atoms with van der Waals surface area (Å²) in [5.41, 5.74) is 2.49. The lowest BCUT2D eigenvalue weighted by atomic mass is 10.1. The van der Waals surface area contributed by atoms with Crippen LogP contribution in [-0.4, -0.2) is 46.7 Å². The Bertz CT molecular complexity index is 1140. The van der Waals surface area contributed by atoms with E-state index in [1.165, 1.54) is 19.3 Å². The van der Waals surface area contributed by atoms with Crippen molar-refractivity contribution in [2.75, 3.05) is 25.5 Å². The minimum Gasteiger partial charge on any atom is -0.497 e. The van der Waals surface area contributed by atoms with Crippen molar-refractivity contribution >= 4 is 17.6 Å². The molecule has 0 atom stereocenters. The second kappa shape index (κ2) is 15.0. The van der Waals surface area contributed by atoms with E-state index in [1.54, 1.807) is 16.7 Å². The van der Waals surface area contributed by atoms with Gasteiger partial charge in [-0.2, -0.15) is 5.10 Å². The molecule has 7 heteroatoms. The van der Waals surface area contributed by atoms with Crippen molar-refractivity contribution in [1.82, 2.24) is 14.7 Å². The van der Waals surface area contributed by atoms with Crippen LogP contribution >= 0.6 is 0 Å². The zero-order valence-corrected chi connectivity index (χ0v) is 23.3. The summed E-state index contributed by atoms with van der Waals surface area (Å²) >= 11 is 0. The summed E-state index contributed by atoms with van der Waals surface area (Å²) in [5, 5.41) is 7.79. The van der Waals surface area contributed by atoms with Crippen LogP contribution < -0.4 is 10.1 Å². The molecule has 2 aromatic carbocycles. The Balaban J connectivity index is 1.74. The van der Waals surface area contributed by atoms with Crippen molar-refractivity contribution in [2.24, 2.45) is 5.92 Å². The lowest BCUT2D eigenvalue weighted by molar-refractivity contribution is -0.135. The van der Waals surface area contributed by atoms with Gasteiger partial charge in [-0.25, -0.2) is 4.68 Å². The molecule has 0 unspecified atom stereocenters. The van der Waals surface area contributed by atoms with Gasteiger partial charge in [0.1, 0.15) is 11.6 Å². The molecule has 3 aromatic rings. The van der Waals surface area contributed by atoms with Crippen LogP contribution in [0.4, 0.5) is 5.82 Å². The topological polar surface area (TPSA) is 76.5 Å². The van der Waals surface area contributed by atoms with Gasteiger partial charge in [0.15, 0.2) is 0 Å². The predicted octanol–water partition coefficient (Wildman–Crippen LogP) is 6.72. The van der Waals surface area contributed by atoms with E-state index in [0.29, 0.717) is 18.8 Å². The molecular weight excluding hydrogens is 476 g/mol. The summed E-state index contributed by atoms with van der Waals surface area (Å²) in [6, 6.07) is 19.2. The molecule has 0 fully saturated rings. The second-order valence-electron chi connectivity index (χ2n) is 10.1. The molecular formula is C31H42N4O3. The minimum absolute atomic E-state index is 0.0152. The van der Waals surface area contributed by atoms with E-state index in [2.05, 4.69) is 26.1 Å². The van der Waals surface area contributed by atoms with Gasteiger partial charge in [-0.1, -0.05) is 83.2 Å². The zero-order valence-electron chi connectivity index (χ0n) is 23.3. The van der Waals surface area contributed by atoms with E-state index in [4.69, 9.17) is 9.84 Å². The van der Waals surface area contributed by atoms with Crippen molar-refractivity contribution in [2.45, 2.75) is 65.7 Å². The van der Waals surface area contributed by atoms with Gasteiger partial charge in [0.05, 0.1) is 25.0 Å². The first-order valence-corrected chi connectivity index (χ1v) is 13.8. The van der Waals surface area contributed by atoms with E-state index in [0.717, 1.165) is 42.0 Å². The number of carbonyl (C=O) groups is 2. The first-order valence-electron chi connectivity index (χ1n) is 13.8. The Labute approximate surface area is 227 Å². The standard InChI is InChI=1S/C31H42N4O3/c1-5-6-7-8-9-13-16-31(37)34(22-24(2)3)23-30(36)32-29-21-28(25-14-11-10-12-15-25)33-35(29)26-17-19-27(38-4)20-18-26/h10-12,14-15,17-21,24H,5-9,13,16,22-23H2,1-4H3,(H,32,36). The van der Waals surface area contributed by atoms with Gasteiger partial charge in [0.2, 0.25) is 11.8 Å². The Morgan fingerprint density at radius 2 is 1.66 bits per heavy atom. The molecule has 0 spiro atoms. The van der Waals surface area contributed by atoms with Gasteiger partial charge in [-0.05, 0) is 36.6 Å². The van der Waals surface area contributed by atoms with Crippen LogP contribution in [0.5, 0.6) is 5.75 Å². The number of amides is 2. The molecule has 0 aliphatic heterocycles. The average Bonchev–Trinajstić information content (AvgIpc) is 3.34. The summed E-state index contributed by atoms with van der Waals surface area (Å²) in [5.74, 6) is 1.36. The Morgan fingerprint density at radius 1 is 0.974 bits per heavy atom. The highest BCUT2D eigenvalue weighted by Crippen LogP contribution is 2.26. The molecule has 204 valence electrons. The van der Waals surface area contributed by atoms with Gasteiger partial charge < -0.3 is 15.0 Å². The van der Waals surface area contributed by atoms with Crippen LogP contribution in [0, 0.1) is 5.92 Å². The Hall–Kier alpha value is -3.61. The zero-order chi connectivity index (χ0) is 27.3. The number of nitrogens with one attached hydrogen (secondary N) is 1. The number of carbonyl (C=O) groups excluding carboxylic acids is 2. The molecule has 0 saturated heterocycles. The smallest absolute Gasteiger partial charge is 0.245 e. The van der Waals surface area contributed by atoms with Crippen LogP contribution in [0.15, 0.2) is 60.7 Å². The summed E-state index contributed by atoms with van der Waals surface area (Å²) in [6.45, 7) is 6.89. The predicted molar refractivity (Wildman–Crippen MR) is 154 cm³/mol. The lowest BCUT2D eigenvalue weighted by Gasteiger charge is -2.24. The third-order valence-corrected chi connectivity index (χ3v) is 6.38. The second-order valence-corrected chi connectivity index (χ2v) is 10.1. The third kappa shape index (κ3) is 8.75. The maximum atomic E-state index is 13.2. The quantitative estimate of drug-likeness (QED) is 0.227. The van der Waals surface area contributed by atoms with E-state index in [-0.39, 0.29) is 24.3 Å². The number of hydrogen-bond acceptors (Lipinski definition) is 4. The van der Waals surface area contributed by atoms with E-state index in [9.17, 15) is 9.59 Å². The average molecular weight is 519 g/mol. The van der Waals surface area contributed by atoms with Crippen molar-refractivity contribution in [3.8, 4) is 22.7 Å². The molecule has 7 nitrogen and oxygen atoms in total. The molecule has 0 aliphatic rings. The molecule has 1 aromatic heterocycles. The fourth-order valence-electron chi connectivity index (χ4n) is 4.41. The highest BCUT2D eigenvalue weighted by atomic mass is 16.5. The van der Waals surface area contributed by atoms with Gasteiger partial charge >= 0.3 is 0 Å². The van der Waals surface area contributed by atoms with Gasteiger partial charge in [0.25, 0.3) is 0 Å². The molecule has 0 bridgehead atoms. The number of benzene rings is 2. The number of ether oxygens (including phenoxy) is 1. The number of aromatic nitrogens is 2. The monoisotopic (exact) mass is 518 g/mol. The largest absolute Gasteiger partial charge is 0.497 e. The maximum absolute atomic E-state index is 13.2. The molecule has 38 heavy (non-hydrogen) atoms. The highest BCUT2D eigenvalue weighted by molar-refractivity contribution is 5.94. The van der Waals surface area contributed by atoms with E-state index in [1.807, 2.05) is 60.7 Å². The number of hydrogen-bond donors (Lipinski definition) is 1. The SMILES string of the molecule is CCCCCCCCC(=O)N(CC(=O)Nc1cc(-c2ccccc2)nn1-c1ccc(OC)cc1)CC(C)C. The van der Waals surface area contributed by atoms with Crippen molar-refractivity contribution in [3.05, 3.63) is 60.7 Å². The van der Waals surface area contributed by atoms with E-state index >= 15 is 0 Å². The minimum atomic E-state index is -0.240. The molecule has 0 aliphatic carbocycles. The Kier molecular flexibility index (Phi) is 11.4. The number of rotatable bonds is 15. The molecule has 1 N–H and O–H groups in total. The van der Waals surface area contributed by atoms with Crippen molar-refractivity contribution in [3.63, 3.8) is 0 Å². The molecule has 0 radical (unpaired) electrons. The molecule has 1 heterocycles. The van der Waals surface area contributed by atoms with Crippen LogP contribution in [0.25, 0.3) is 16.9 Å². The summed E-state index contributed by atoms with van der Waals surface area (Å²) in [6.07, 6.45) is 7.22. The number of anilines is 1.